The van der Waals surface area contributed by atoms with Crippen LogP contribution in [0.15, 0.2) is 24.3 Å². The fourth-order valence-electron chi connectivity index (χ4n) is 1.81. The maximum atomic E-state index is 11.9. The van der Waals surface area contributed by atoms with Crippen LogP contribution in [0.5, 0.6) is 0 Å². The molecule has 0 spiro atoms. The number of imide groups is 2. The fraction of sp³-hybridized carbons (Fsp3) is 0.154. The lowest BCUT2D eigenvalue weighted by atomic mass is 10.1. The van der Waals surface area contributed by atoms with E-state index in [0.717, 1.165) is 0 Å². The third kappa shape index (κ3) is 3.45. The Morgan fingerprint density at radius 1 is 0.909 bits per heavy atom. The Kier molecular flexibility index (Phi) is 4.16. The monoisotopic (exact) mass is 304 g/mol. The van der Waals surface area contributed by atoms with E-state index in [1.807, 2.05) is 10.6 Å². The molecular formula is C13H12N4O5. The Bertz CT molecular complexity index is 648. The van der Waals surface area contributed by atoms with Crippen LogP contribution in [0.4, 0.5) is 16.2 Å². The molecule has 1 aromatic rings. The van der Waals surface area contributed by atoms with Crippen molar-refractivity contribution in [2.45, 2.75) is 6.92 Å². The van der Waals surface area contributed by atoms with E-state index in [9.17, 15) is 24.0 Å². The first-order valence-electron chi connectivity index (χ1n) is 6.21. The molecule has 22 heavy (non-hydrogen) atoms. The van der Waals surface area contributed by atoms with E-state index in [1.165, 1.54) is 19.1 Å². The molecule has 0 radical (unpaired) electrons. The molecule has 0 aromatic heterocycles. The lowest BCUT2D eigenvalue weighted by Crippen LogP contribution is -2.58. The summed E-state index contributed by atoms with van der Waals surface area (Å²) in [6.45, 7) is 1.36. The van der Waals surface area contributed by atoms with Crippen molar-refractivity contribution in [2.24, 2.45) is 5.92 Å². The largest absolute Gasteiger partial charge is 0.328 e. The Balaban J connectivity index is 2.05. The van der Waals surface area contributed by atoms with Crippen molar-refractivity contribution in [3.05, 3.63) is 24.3 Å². The first-order chi connectivity index (χ1) is 10.4. The minimum absolute atomic E-state index is 0.239. The van der Waals surface area contributed by atoms with Gasteiger partial charge in [0.2, 0.25) is 23.6 Å². The zero-order chi connectivity index (χ0) is 16.3. The second-order valence-corrected chi connectivity index (χ2v) is 4.49. The van der Waals surface area contributed by atoms with Crippen molar-refractivity contribution in [3.63, 3.8) is 0 Å². The van der Waals surface area contributed by atoms with Crippen LogP contribution in [-0.2, 0) is 19.2 Å². The number of hydrogen-bond donors (Lipinski definition) is 4. The molecule has 0 atom stereocenters. The zero-order valence-electron chi connectivity index (χ0n) is 11.4. The number of amides is 6. The first kappa shape index (κ1) is 15.2. The van der Waals surface area contributed by atoms with Gasteiger partial charge in [0.25, 0.3) is 0 Å². The molecule has 9 heteroatoms. The number of rotatable bonds is 3. The van der Waals surface area contributed by atoms with Gasteiger partial charge in [0.05, 0.1) is 0 Å². The molecule has 2 rings (SSSR count). The van der Waals surface area contributed by atoms with Crippen LogP contribution in [0.25, 0.3) is 0 Å². The summed E-state index contributed by atoms with van der Waals surface area (Å²) in [7, 11) is 0. The smallest absolute Gasteiger partial charge is 0.326 e. The zero-order valence-corrected chi connectivity index (χ0v) is 11.4. The minimum Gasteiger partial charge on any atom is -0.326 e. The van der Waals surface area contributed by atoms with Crippen LogP contribution in [-0.4, -0.2) is 29.7 Å². The van der Waals surface area contributed by atoms with Crippen LogP contribution in [0, 0.1) is 5.92 Å². The van der Waals surface area contributed by atoms with E-state index >= 15 is 0 Å². The Hall–Kier alpha value is -3.23. The van der Waals surface area contributed by atoms with E-state index in [-0.39, 0.29) is 5.91 Å². The van der Waals surface area contributed by atoms with E-state index in [2.05, 4.69) is 10.6 Å². The topological polar surface area (TPSA) is 133 Å². The van der Waals surface area contributed by atoms with Gasteiger partial charge < -0.3 is 10.6 Å². The van der Waals surface area contributed by atoms with Gasteiger partial charge in [-0.2, -0.15) is 0 Å². The van der Waals surface area contributed by atoms with E-state index < -0.39 is 29.7 Å². The first-order valence-corrected chi connectivity index (χ1v) is 6.21. The number of urea groups is 1. The molecular weight excluding hydrogens is 292 g/mol. The highest BCUT2D eigenvalue weighted by molar-refractivity contribution is 6.28. The normalized spacial score (nSPS) is 14.9. The van der Waals surface area contributed by atoms with E-state index in [4.69, 9.17) is 0 Å². The number of benzene rings is 1. The van der Waals surface area contributed by atoms with E-state index in [0.29, 0.717) is 11.4 Å². The lowest BCUT2D eigenvalue weighted by molar-refractivity contribution is -0.141. The van der Waals surface area contributed by atoms with Crippen molar-refractivity contribution >= 4 is 41.0 Å². The summed E-state index contributed by atoms with van der Waals surface area (Å²) in [5, 5.41) is 8.61. The maximum absolute atomic E-state index is 11.9. The van der Waals surface area contributed by atoms with Gasteiger partial charge in [0.1, 0.15) is 0 Å². The van der Waals surface area contributed by atoms with E-state index in [1.54, 1.807) is 12.1 Å². The van der Waals surface area contributed by atoms with Gasteiger partial charge in [-0.05, 0) is 24.3 Å². The third-order valence-electron chi connectivity index (χ3n) is 2.73. The highest BCUT2D eigenvalue weighted by Crippen LogP contribution is 2.15. The van der Waals surface area contributed by atoms with Crippen molar-refractivity contribution in [1.82, 2.24) is 10.6 Å². The maximum Gasteiger partial charge on any atom is 0.328 e. The minimum atomic E-state index is -1.65. The predicted molar refractivity (Wildman–Crippen MR) is 74.5 cm³/mol. The lowest BCUT2D eigenvalue weighted by Gasteiger charge is -2.19. The molecule has 6 amide bonds. The Morgan fingerprint density at radius 2 is 1.36 bits per heavy atom. The number of carbonyl (C=O) groups excluding carboxylic acids is 5. The second kappa shape index (κ2) is 6.04. The number of nitrogens with one attached hydrogen (secondary N) is 4. The number of carbonyl (C=O) groups is 5. The molecule has 1 aliphatic rings. The molecule has 1 fully saturated rings. The Labute approximate surface area is 124 Å². The van der Waals surface area contributed by atoms with Crippen LogP contribution < -0.4 is 21.3 Å². The van der Waals surface area contributed by atoms with Crippen molar-refractivity contribution in [3.8, 4) is 0 Å². The molecule has 9 nitrogen and oxygen atoms in total. The Morgan fingerprint density at radius 3 is 1.82 bits per heavy atom. The van der Waals surface area contributed by atoms with Crippen LogP contribution in [0.2, 0.25) is 0 Å². The summed E-state index contributed by atoms with van der Waals surface area (Å²) in [5.41, 5.74) is 0.862. The fourth-order valence-corrected chi connectivity index (χ4v) is 1.81. The molecule has 0 unspecified atom stereocenters. The predicted octanol–water partition coefficient (Wildman–Crippen LogP) is -0.434. The van der Waals surface area contributed by atoms with Gasteiger partial charge in [-0.1, -0.05) is 0 Å². The summed E-state index contributed by atoms with van der Waals surface area (Å²) < 4.78 is 0. The summed E-state index contributed by atoms with van der Waals surface area (Å²) in [4.78, 5) is 56.8. The third-order valence-corrected chi connectivity index (χ3v) is 2.73. The molecule has 1 aromatic carbocycles. The summed E-state index contributed by atoms with van der Waals surface area (Å²) in [5.74, 6) is -4.72. The van der Waals surface area contributed by atoms with Gasteiger partial charge in [0.15, 0.2) is 5.92 Å². The molecule has 1 aliphatic heterocycles. The van der Waals surface area contributed by atoms with Crippen LogP contribution >= 0.6 is 0 Å². The highest BCUT2D eigenvalue weighted by Gasteiger charge is 2.39. The molecule has 0 aliphatic carbocycles. The summed E-state index contributed by atoms with van der Waals surface area (Å²) in [6.07, 6.45) is 0. The second-order valence-electron chi connectivity index (χ2n) is 4.49. The van der Waals surface area contributed by atoms with Crippen LogP contribution in [0.3, 0.4) is 0 Å². The molecule has 0 saturated carbocycles. The number of hydrogen-bond acceptors (Lipinski definition) is 5. The summed E-state index contributed by atoms with van der Waals surface area (Å²) >= 11 is 0. The standard InChI is InChI=1S/C13H12N4O5/c1-6(18)14-7-2-4-8(5-3-7)15-10(19)9-11(20)16-13(22)17-12(9)21/h2-5,9H,1H3,(H,14,18)(H,15,19)(H2,16,17,20,21,22). The molecule has 0 bridgehead atoms. The number of barbiturate groups is 1. The number of anilines is 2. The van der Waals surface area contributed by atoms with Gasteiger partial charge in [-0.3, -0.25) is 29.8 Å². The molecule has 1 heterocycles. The molecule has 1 saturated heterocycles. The van der Waals surface area contributed by atoms with Gasteiger partial charge in [0, 0.05) is 18.3 Å². The SMILES string of the molecule is CC(=O)Nc1ccc(NC(=O)C2C(=O)NC(=O)NC2=O)cc1. The van der Waals surface area contributed by atoms with Crippen molar-refractivity contribution in [1.29, 1.82) is 0 Å². The quantitative estimate of drug-likeness (QED) is 0.562. The van der Waals surface area contributed by atoms with Crippen molar-refractivity contribution < 1.29 is 24.0 Å². The van der Waals surface area contributed by atoms with Gasteiger partial charge in [-0.25, -0.2) is 4.79 Å². The highest BCUT2D eigenvalue weighted by atomic mass is 16.2. The molecule has 114 valence electrons. The van der Waals surface area contributed by atoms with Gasteiger partial charge >= 0.3 is 6.03 Å². The van der Waals surface area contributed by atoms with Crippen LogP contribution in [0.1, 0.15) is 6.92 Å². The van der Waals surface area contributed by atoms with Gasteiger partial charge in [-0.15, -0.1) is 0 Å². The van der Waals surface area contributed by atoms with Crippen molar-refractivity contribution in [2.75, 3.05) is 10.6 Å². The molecule has 4 N–H and O–H groups in total. The average molecular weight is 304 g/mol. The summed E-state index contributed by atoms with van der Waals surface area (Å²) in [6, 6.07) is 5.11. The average Bonchev–Trinajstić information content (AvgIpc) is 2.39.